The molecule has 31 heteroatoms. The van der Waals surface area contributed by atoms with Gasteiger partial charge in [-0.15, -0.1) is 0 Å². The van der Waals surface area contributed by atoms with E-state index in [-0.39, 0.29) is 29.4 Å². The molecule has 8 fully saturated rings. The van der Waals surface area contributed by atoms with Crippen LogP contribution in [0.15, 0.2) is 93.5 Å². The van der Waals surface area contributed by atoms with Crippen molar-refractivity contribution in [1.82, 2.24) is 0 Å². The Morgan fingerprint density at radius 1 is 0.494 bits per heavy atom. The first kappa shape index (κ1) is 64.7. The molecule has 85 heavy (non-hydrogen) atoms. The van der Waals surface area contributed by atoms with Crippen LogP contribution in [0, 0.1) is 58.2 Å². The highest BCUT2D eigenvalue weighted by atomic mass is 32.3. The number of alkyl halides is 18. The van der Waals surface area contributed by atoms with Gasteiger partial charge in [-0.1, -0.05) is 56.3 Å². The van der Waals surface area contributed by atoms with Crippen LogP contribution in [0.4, 0.5) is 79.0 Å². The third kappa shape index (κ3) is 10.0. The van der Waals surface area contributed by atoms with Crippen LogP contribution >= 0.6 is 0 Å². The maximum absolute atomic E-state index is 15.9. The lowest BCUT2D eigenvalue weighted by Crippen LogP contribution is -2.68. The molecule has 0 aromatic heterocycles. The number of ether oxygens (including phenoxy) is 4. The van der Waals surface area contributed by atoms with Crippen molar-refractivity contribution in [2.45, 2.75) is 166 Å². The van der Waals surface area contributed by atoms with Crippen LogP contribution in [0.25, 0.3) is 0 Å². The second-order valence-corrected chi connectivity index (χ2v) is 29.3. The average molecular weight is 1300 g/mol. The predicted molar refractivity (Wildman–Crippen MR) is 264 cm³/mol. The second-order valence-electron chi connectivity index (χ2n) is 23.5. The molecule has 0 amide bonds. The van der Waals surface area contributed by atoms with Crippen molar-refractivity contribution in [2.24, 2.45) is 58.2 Å². The van der Waals surface area contributed by atoms with Crippen LogP contribution < -0.4 is 9.47 Å². The standard InChI is InChI=1S/C54H55F18NO9S3/c1-28-36-20-32-18-33(21-36)25-45(28,24-32)43(79-30(3)73(84(75,76)53(69,70)49(59,60)47(55,56)51(63,64)65)85(77,78)54(71,72)50(61,62)48(57,58)52(66,67)68)81-39-14-8-10-16-41(39)83(38-12-6-5-7-13-38)42-17-11-9-15-40(42)82-44(80-31(4)74)46-26-34-19-35(27-46)23-37(22-34)29(46)2/h5-17,28-29,32-37,43-44H,18-27H2,1-4H3/q+2. The van der Waals surface area contributed by atoms with Crippen LogP contribution in [0.3, 0.4) is 0 Å². The third-order valence-electron chi connectivity index (χ3n) is 18.4. The number of carbonyl (C=O) groups is 1. The Morgan fingerprint density at radius 2 is 0.824 bits per heavy atom. The van der Waals surface area contributed by atoms with Gasteiger partial charge >= 0.3 is 78.5 Å². The van der Waals surface area contributed by atoms with Gasteiger partial charge in [0, 0.05) is 21.1 Å². The molecule has 9 unspecified atom stereocenters. The highest BCUT2D eigenvalue weighted by Gasteiger charge is 2.92. The Kier molecular flexibility index (Phi) is 16.1. The van der Waals surface area contributed by atoms with E-state index in [2.05, 4.69) is 6.92 Å². The molecule has 11 rings (SSSR count). The largest absolute Gasteiger partial charge is 0.475 e. The summed E-state index contributed by atoms with van der Waals surface area (Å²) >= 11 is 0. The topological polar surface area (TPSA) is 125 Å². The smallest absolute Gasteiger partial charge is 0.449 e. The summed E-state index contributed by atoms with van der Waals surface area (Å²) < 4.78 is 340. The van der Waals surface area contributed by atoms with Gasteiger partial charge in [0.25, 0.3) is 6.29 Å². The molecule has 8 aliphatic carbocycles. The SMILES string of the molecule is CC(=O)OC(Oc1ccccc1[S+](c1ccccc1)c1ccccc1OC(OC(C)=[N+](S(=O)(=O)C(F)(F)C(F)(F)C(F)(F)C(F)(F)F)S(=O)(=O)C(F)(F)C(F)(F)C(F)(F)C(F)(F)F)C12CC3CC(CC(C3)C1C)C2)C12CC3CC(CC(C3)C1C)C2. The summed E-state index contributed by atoms with van der Waals surface area (Å²) in [6.45, 7) is 4.37. The molecule has 3 aromatic rings. The van der Waals surface area contributed by atoms with E-state index in [1.54, 1.807) is 54.6 Å². The Labute approximate surface area is 478 Å². The molecule has 3 aromatic carbocycles. The highest BCUT2D eigenvalue weighted by Crippen LogP contribution is 2.67. The molecule has 9 atom stereocenters. The van der Waals surface area contributed by atoms with Crippen molar-refractivity contribution >= 4 is 42.8 Å². The van der Waals surface area contributed by atoms with Crippen molar-refractivity contribution < 1.29 is 123 Å². The lowest BCUT2D eigenvalue weighted by Gasteiger charge is -2.61. The van der Waals surface area contributed by atoms with E-state index in [1.807, 2.05) is 0 Å². The molecule has 0 radical (unpaired) electrons. The molecule has 0 aliphatic heterocycles. The van der Waals surface area contributed by atoms with Crippen molar-refractivity contribution in [3.05, 3.63) is 78.9 Å². The van der Waals surface area contributed by atoms with Crippen LogP contribution in [0.5, 0.6) is 11.5 Å². The Hall–Kier alpha value is -4.81. The lowest BCUT2D eigenvalue weighted by atomic mass is 9.45. The molecule has 8 aliphatic rings. The molecule has 472 valence electrons. The Bertz CT molecular complexity index is 3200. The maximum atomic E-state index is 15.9. The number of esters is 1. The van der Waals surface area contributed by atoms with Crippen molar-refractivity contribution in [3.63, 3.8) is 0 Å². The summed E-state index contributed by atoms with van der Waals surface area (Å²) in [6.07, 6.45) is -14.5. The molecule has 0 spiro atoms. The van der Waals surface area contributed by atoms with E-state index in [1.165, 1.54) is 38.1 Å². The molecule has 8 bridgehead atoms. The predicted octanol–water partition coefficient (Wildman–Crippen LogP) is 14.6. The molecular formula is C54H55F18NO9S3+2. The Morgan fingerprint density at radius 3 is 1.16 bits per heavy atom. The van der Waals surface area contributed by atoms with Gasteiger partial charge in [-0.25, -0.2) is 0 Å². The number of hydrogen-bond acceptors (Lipinski definition) is 9. The number of para-hydroxylation sites is 2. The molecule has 10 nitrogen and oxygen atoms in total. The number of halogens is 18. The van der Waals surface area contributed by atoms with Crippen molar-refractivity contribution in [2.75, 3.05) is 0 Å². The van der Waals surface area contributed by atoms with E-state index in [0.29, 0.717) is 59.6 Å². The maximum Gasteiger partial charge on any atom is 0.475 e. The van der Waals surface area contributed by atoms with E-state index in [0.717, 1.165) is 19.3 Å². The van der Waals surface area contributed by atoms with Gasteiger partial charge in [-0.05, 0) is 148 Å². The summed E-state index contributed by atoms with van der Waals surface area (Å²) in [6, 6.07) is 19.7. The Balaban J connectivity index is 1.24. The summed E-state index contributed by atoms with van der Waals surface area (Å²) in [7, 11) is -20.2. The van der Waals surface area contributed by atoms with E-state index >= 15 is 35.1 Å². The van der Waals surface area contributed by atoms with Gasteiger partial charge in [0.05, 0.1) is 6.92 Å². The quantitative estimate of drug-likeness (QED) is 0.0219. The van der Waals surface area contributed by atoms with Gasteiger partial charge in [-0.3, -0.25) is 4.79 Å². The van der Waals surface area contributed by atoms with E-state index in [9.17, 15) is 65.5 Å². The van der Waals surface area contributed by atoms with Crippen LogP contribution in [0.1, 0.15) is 91.9 Å². The monoisotopic (exact) mass is 1300 g/mol. The average Bonchev–Trinajstić information content (AvgIpc) is 0.743. The fourth-order valence-corrected chi connectivity index (χ4v) is 20.6. The number of hydrogen-bond donors (Lipinski definition) is 0. The van der Waals surface area contributed by atoms with E-state index < -0.39 is 153 Å². The fraction of sp³-hybridized carbons (Fsp3) is 0.630. The summed E-state index contributed by atoms with van der Waals surface area (Å²) in [5, 5.41) is -17.0. The zero-order valence-corrected chi connectivity index (χ0v) is 47.4. The molecule has 0 saturated heterocycles. The summed E-state index contributed by atoms with van der Waals surface area (Å²) in [5.74, 6) is -38.8. The zero-order chi connectivity index (χ0) is 63.1. The van der Waals surface area contributed by atoms with Crippen LogP contribution in [-0.4, -0.2) is 91.2 Å². The lowest BCUT2D eigenvalue weighted by molar-refractivity contribution is -0.391. The third-order valence-corrected chi connectivity index (χ3v) is 25.1. The minimum absolute atomic E-state index is 0.00970. The number of nitrogens with zero attached hydrogens (tertiary/aromatic N) is 1. The number of rotatable bonds is 19. The fourth-order valence-electron chi connectivity index (χ4n) is 14.7. The van der Waals surface area contributed by atoms with E-state index in [4.69, 9.17) is 18.9 Å². The van der Waals surface area contributed by atoms with Crippen LogP contribution in [0.2, 0.25) is 0 Å². The molecular weight excluding hydrogens is 1240 g/mol. The molecule has 0 heterocycles. The minimum atomic E-state index is -9.32. The number of carbonyl (C=O) groups excluding carboxylic acids is 1. The summed E-state index contributed by atoms with van der Waals surface area (Å²) in [4.78, 5) is 13.8. The first-order chi connectivity index (χ1) is 38.9. The van der Waals surface area contributed by atoms with Crippen molar-refractivity contribution in [1.29, 1.82) is 0 Å². The highest BCUT2D eigenvalue weighted by molar-refractivity contribution is 7.98. The first-order valence-electron chi connectivity index (χ1n) is 26.6. The van der Waals surface area contributed by atoms with Gasteiger partial charge in [-0.2, -0.15) is 95.9 Å². The number of benzene rings is 3. The van der Waals surface area contributed by atoms with Gasteiger partial charge in [0.2, 0.25) is 16.1 Å². The zero-order valence-electron chi connectivity index (χ0n) is 45.0. The molecule has 0 N–H and O–H groups in total. The van der Waals surface area contributed by atoms with Gasteiger partial charge in [0.15, 0.2) is 16.4 Å². The summed E-state index contributed by atoms with van der Waals surface area (Å²) in [5.41, 5.74) is -2.48. The minimum Gasteiger partial charge on any atom is -0.449 e. The second kappa shape index (κ2) is 21.2. The normalized spacial score (nSPS) is 29.2. The number of sulfonamides is 2. The van der Waals surface area contributed by atoms with Gasteiger partial charge in [0.1, 0.15) is 10.9 Å². The molecule has 8 saturated carbocycles. The van der Waals surface area contributed by atoms with Crippen LogP contribution in [-0.2, 0) is 45.2 Å². The van der Waals surface area contributed by atoms with Crippen molar-refractivity contribution in [3.8, 4) is 11.5 Å². The van der Waals surface area contributed by atoms with Gasteiger partial charge < -0.3 is 18.9 Å². The first-order valence-corrected chi connectivity index (χ1v) is 30.7.